The molecule has 0 saturated heterocycles. The van der Waals surface area contributed by atoms with E-state index in [1.165, 1.54) is 23.5 Å². The summed E-state index contributed by atoms with van der Waals surface area (Å²) in [5.74, 6) is 0. The highest BCUT2D eigenvalue weighted by Crippen LogP contribution is 2.30. The van der Waals surface area contributed by atoms with Crippen LogP contribution in [-0.4, -0.2) is 9.91 Å². The molecule has 0 aliphatic heterocycles. The summed E-state index contributed by atoms with van der Waals surface area (Å²) in [6, 6.07) is 13.2. The van der Waals surface area contributed by atoms with Crippen LogP contribution in [0.4, 0.5) is 5.69 Å². The Morgan fingerprint density at radius 3 is 2.58 bits per heavy atom. The van der Waals surface area contributed by atoms with Gasteiger partial charge in [0.25, 0.3) is 5.69 Å². The van der Waals surface area contributed by atoms with Gasteiger partial charge < -0.3 is 0 Å². The SMILES string of the molecule is N#CC(=Cc1ccc(Cl)cc1Cl)c1nc(-c2ccc([N+](=O)[O-])cc2)cs1. The third-order valence-corrected chi connectivity index (χ3v) is 4.93. The number of nitriles is 1. The van der Waals surface area contributed by atoms with Gasteiger partial charge in [0.1, 0.15) is 11.1 Å². The van der Waals surface area contributed by atoms with Gasteiger partial charge in [-0.15, -0.1) is 11.3 Å². The van der Waals surface area contributed by atoms with E-state index in [2.05, 4.69) is 11.1 Å². The van der Waals surface area contributed by atoms with Gasteiger partial charge in [-0.2, -0.15) is 5.26 Å². The molecule has 128 valence electrons. The van der Waals surface area contributed by atoms with Crippen molar-refractivity contribution in [1.29, 1.82) is 5.26 Å². The first kappa shape index (κ1) is 18.1. The zero-order valence-corrected chi connectivity index (χ0v) is 15.3. The number of halogens is 2. The largest absolute Gasteiger partial charge is 0.269 e. The van der Waals surface area contributed by atoms with Crippen LogP contribution in [0, 0.1) is 21.4 Å². The second-order valence-corrected chi connectivity index (χ2v) is 6.88. The second-order valence-electron chi connectivity index (χ2n) is 5.18. The van der Waals surface area contributed by atoms with Crippen molar-refractivity contribution in [3.8, 4) is 17.3 Å². The molecule has 0 unspecified atom stereocenters. The normalized spacial score (nSPS) is 11.2. The summed E-state index contributed by atoms with van der Waals surface area (Å²) in [5, 5.41) is 23.5. The van der Waals surface area contributed by atoms with Crippen molar-refractivity contribution in [2.45, 2.75) is 0 Å². The van der Waals surface area contributed by atoms with E-state index in [-0.39, 0.29) is 5.69 Å². The molecule has 0 bridgehead atoms. The molecule has 0 aliphatic carbocycles. The lowest BCUT2D eigenvalue weighted by Gasteiger charge is -2.00. The molecule has 0 amide bonds. The molecule has 0 atom stereocenters. The average molecular weight is 402 g/mol. The number of hydrogen-bond acceptors (Lipinski definition) is 5. The first-order valence-electron chi connectivity index (χ1n) is 7.25. The average Bonchev–Trinajstić information content (AvgIpc) is 3.11. The minimum absolute atomic E-state index is 0.0131. The Morgan fingerprint density at radius 1 is 1.23 bits per heavy atom. The number of aromatic nitrogens is 1. The molecule has 0 saturated carbocycles. The van der Waals surface area contributed by atoms with Gasteiger partial charge in [-0.1, -0.05) is 29.3 Å². The molecule has 0 radical (unpaired) electrons. The summed E-state index contributed by atoms with van der Waals surface area (Å²) >= 11 is 13.3. The first-order chi connectivity index (χ1) is 12.5. The minimum Gasteiger partial charge on any atom is -0.258 e. The smallest absolute Gasteiger partial charge is 0.258 e. The van der Waals surface area contributed by atoms with E-state index in [1.54, 1.807) is 41.8 Å². The maximum absolute atomic E-state index is 10.7. The van der Waals surface area contributed by atoms with Crippen LogP contribution in [0.5, 0.6) is 0 Å². The molecule has 3 rings (SSSR count). The molecule has 0 N–H and O–H groups in total. The quantitative estimate of drug-likeness (QED) is 0.301. The summed E-state index contributed by atoms with van der Waals surface area (Å²) in [6.45, 7) is 0. The molecule has 0 spiro atoms. The van der Waals surface area contributed by atoms with Crippen molar-refractivity contribution < 1.29 is 4.92 Å². The Balaban J connectivity index is 1.93. The number of thiazole rings is 1. The predicted octanol–water partition coefficient (Wildman–Crippen LogP) is 6.09. The monoisotopic (exact) mass is 401 g/mol. The van der Waals surface area contributed by atoms with Gasteiger partial charge >= 0.3 is 0 Å². The summed E-state index contributed by atoms with van der Waals surface area (Å²) in [4.78, 5) is 14.7. The molecular formula is C18H9Cl2N3O2S. The third kappa shape index (κ3) is 3.92. The topological polar surface area (TPSA) is 79.8 Å². The summed E-state index contributed by atoms with van der Waals surface area (Å²) in [7, 11) is 0. The fraction of sp³-hybridized carbons (Fsp3) is 0. The van der Waals surface area contributed by atoms with Crippen molar-refractivity contribution >= 4 is 51.9 Å². The minimum atomic E-state index is -0.456. The molecule has 0 aliphatic rings. The van der Waals surface area contributed by atoms with Crippen LogP contribution >= 0.6 is 34.5 Å². The van der Waals surface area contributed by atoms with E-state index in [9.17, 15) is 15.4 Å². The molecule has 2 aromatic carbocycles. The highest BCUT2D eigenvalue weighted by Gasteiger charge is 2.11. The van der Waals surface area contributed by atoms with Crippen LogP contribution in [-0.2, 0) is 0 Å². The van der Waals surface area contributed by atoms with Crippen LogP contribution in [0.25, 0.3) is 22.9 Å². The Hall–Kier alpha value is -2.72. The number of benzene rings is 2. The molecule has 1 heterocycles. The molecule has 5 nitrogen and oxygen atoms in total. The van der Waals surface area contributed by atoms with Gasteiger partial charge in [0.15, 0.2) is 0 Å². The van der Waals surface area contributed by atoms with Crippen LogP contribution in [0.1, 0.15) is 10.6 Å². The van der Waals surface area contributed by atoms with Gasteiger partial charge in [-0.3, -0.25) is 10.1 Å². The van der Waals surface area contributed by atoms with Crippen molar-refractivity contribution in [1.82, 2.24) is 4.98 Å². The predicted molar refractivity (Wildman–Crippen MR) is 104 cm³/mol. The van der Waals surface area contributed by atoms with E-state index in [0.717, 1.165) is 5.56 Å². The molecule has 3 aromatic rings. The maximum atomic E-state index is 10.7. The third-order valence-electron chi connectivity index (χ3n) is 3.49. The summed E-state index contributed by atoms with van der Waals surface area (Å²) in [5.41, 5.74) is 2.43. The van der Waals surface area contributed by atoms with E-state index >= 15 is 0 Å². The lowest BCUT2D eigenvalue weighted by molar-refractivity contribution is -0.384. The number of nitrogens with zero attached hydrogens (tertiary/aromatic N) is 3. The Morgan fingerprint density at radius 2 is 1.96 bits per heavy atom. The highest BCUT2D eigenvalue weighted by atomic mass is 35.5. The number of non-ortho nitro benzene ring substituents is 1. The highest BCUT2D eigenvalue weighted by molar-refractivity contribution is 7.11. The summed E-state index contributed by atoms with van der Waals surface area (Å²) in [6.07, 6.45) is 1.65. The van der Waals surface area contributed by atoms with Crippen LogP contribution in [0.3, 0.4) is 0 Å². The molecule has 8 heteroatoms. The second kappa shape index (κ2) is 7.67. The fourth-order valence-electron chi connectivity index (χ4n) is 2.20. The number of rotatable bonds is 4. The van der Waals surface area contributed by atoms with Crippen molar-refractivity contribution in [2.75, 3.05) is 0 Å². The van der Waals surface area contributed by atoms with Crippen molar-refractivity contribution in [3.63, 3.8) is 0 Å². The zero-order valence-electron chi connectivity index (χ0n) is 13.0. The fourth-order valence-corrected chi connectivity index (χ4v) is 3.46. The Bertz CT molecular complexity index is 1050. The summed E-state index contributed by atoms with van der Waals surface area (Å²) < 4.78 is 0. The standard InChI is InChI=1S/C18H9Cl2N3O2S/c19-14-4-1-12(16(20)8-14)7-13(9-21)18-22-17(10-26-18)11-2-5-15(6-3-11)23(24)25/h1-8,10H. The van der Waals surface area contributed by atoms with Gasteiger partial charge in [0.2, 0.25) is 0 Å². The van der Waals surface area contributed by atoms with Gasteiger partial charge in [0, 0.05) is 33.1 Å². The van der Waals surface area contributed by atoms with E-state index in [4.69, 9.17) is 23.2 Å². The molecule has 1 aromatic heterocycles. The van der Waals surface area contributed by atoms with Crippen molar-refractivity contribution in [3.05, 3.63) is 78.6 Å². The van der Waals surface area contributed by atoms with Crippen molar-refractivity contribution in [2.24, 2.45) is 0 Å². The molecular weight excluding hydrogens is 393 g/mol. The maximum Gasteiger partial charge on any atom is 0.269 e. The first-order valence-corrected chi connectivity index (χ1v) is 8.89. The van der Waals surface area contributed by atoms with E-state index in [0.29, 0.717) is 31.9 Å². The Labute approximate surface area is 162 Å². The lowest BCUT2D eigenvalue weighted by atomic mass is 10.1. The lowest BCUT2D eigenvalue weighted by Crippen LogP contribution is -1.87. The number of allylic oxidation sites excluding steroid dienone is 1. The zero-order chi connectivity index (χ0) is 18.7. The van der Waals surface area contributed by atoms with E-state index in [1.807, 2.05) is 0 Å². The van der Waals surface area contributed by atoms with Crippen LogP contribution < -0.4 is 0 Å². The van der Waals surface area contributed by atoms with E-state index < -0.39 is 4.92 Å². The van der Waals surface area contributed by atoms with Crippen LogP contribution in [0.2, 0.25) is 10.0 Å². The van der Waals surface area contributed by atoms with Crippen LogP contribution in [0.15, 0.2) is 47.8 Å². The molecule has 0 fully saturated rings. The number of hydrogen-bond donors (Lipinski definition) is 0. The van der Waals surface area contributed by atoms with Gasteiger partial charge in [0.05, 0.1) is 16.2 Å². The number of nitro groups is 1. The Kier molecular flexibility index (Phi) is 5.33. The van der Waals surface area contributed by atoms with Gasteiger partial charge in [-0.25, -0.2) is 4.98 Å². The molecule has 26 heavy (non-hydrogen) atoms. The van der Waals surface area contributed by atoms with Gasteiger partial charge in [-0.05, 0) is 35.9 Å². The number of nitro benzene ring substituents is 1.